The van der Waals surface area contributed by atoms with Crippen LogP contribution >= 0.6 is 23.2 Å². The lowest BCUT2D eigenvalue weighted by molar-refractivity contribution is -0.167. The van der Waals surface area contributed by atoms with Gasteiger partial charge in [0, 0.05) is 5.02 Å². The van der Waals surface area contributed by atoms with E-state index in [1.165, 1.54) is 6.07 Å². The third-order valence-corrected chi connectivity index (χ3v) is 5.37. The molecule has 1 aromatic rings. The molecular formula is C20H26Cl2O5. The van der Waals surface area contributed by atoms with E-state index in [1.807, 2.05) is 0 Å². The van der Waals surface area contributed by atoms with Crippen LogP contribution in [0.15, 0.2) is 18.2 Å². The largest absolute Gasteiger partial charge is 0.480 e. The van der Waals surface area contributed by atoms with E-state index in [0.717, 1.165) is 19.3 Å². The average Bonchev–Trinajstić information content (AvgIpc) is 2.59. The molecule has 0 N–H and O–H groups in total. The number of hydrogen-bond acceptors (Lipinski definition) is 5. The molecule has 0 saturated heterocycles. The zero-order valence-corrected chi connectivity index (χ0v) is 17.4. The zero-order chi connectivity index (χ0) is 20.0. The second-order valence-corrected chi connectivity index (χ2v) is 8.22. The van der Waals surface area contributed by atoms with Crippen LogP contribution in [0.25, 0.3) is 0 Å². The Labute approximate surface area is 170 Å². The van der Waals surface area contributed by atoms with Gasteiger partial charge in [0.2, 0.25) is 0 Å². The van der Waals surface area contributed by atoms with Crippen LogP contribution < -0.4 is 4.74 Å². The summed E-state index contributed by atoms with van der Waals surface area (Å²) >= 11 is 11.8. The maximum absolute atomic E-state index is 12.1. The fourth-order valence-corrected chi connectivity index (χ4v) is 3.83. The van der Waals surface area contributed by atoms with Crippen LogP contribution in [0, 0.1) is 17.8 Å². The summed E-state index contributed by atoms with van der Waals surface area (Å²) < 4.78 is 15.8. The third kappa shape index (κ3) is 6.89. The Morgan fingerprint density at radius 1 is 1.15 bits per heavy atom. The van der Waals surface area contributed by atoms with E-state index in [9.17, 15) is 9.59 Å². The van der Waals surface area contributed by atoms with Crippen molar-refractivity contribution >= 4 is 35.1 Å². The maximum atomic E-state index is 12.1. The van der Waals surface area contributed by atoms with E-state index in [0.29, 0.717) is 33.5 Å². The number of carbonyl (C=O) groups excluding carboxylic acids is 2. The van der Waals surface area contributed by atoms with Crippen molar-refractivity contribution in [3.63, 3.8) is 0 Å². The van der Waals surface area contributed by atoms with E-state index in [4.69, 9.17) is 37.4 Å². The van der Waals surface area contributed by atoms with Gasteiger partial charge >= 0.3 is 11.9 Å². The highest BCUT2D eigenvalue weighted by molar-refractivity contribution is 6.35. The number of benzene rings is 1. The highest BCUT2D eigenvalue weighted by atomic mass is 35.5. The molecule has 0 spiro atoms. The predicted molar refractivity (Wildman–Crippen MR) is 104 cm³/mol. The molecule has 0 aliphatic heterocycles. The summed E-state index contributed by atoms with van der Waals surface area (Å²) in [6.07, 6.45) is 2.92. The highest BCUT2D eigenvalue weighted by Gasteiger charge is 2.33. The summed E-state index contributed by atoms with van der Waals surface area (Å²) in [6, 6.07) is 4.67. The summed E-state index contributed by atoms with van der Waals surface area (Å²) in [4.78, 5) is 23.9. The Balaban J connectivity index is 1.76. The molecule has 0 bridgehead atoms. The summed E-state index contributed by atoms with van der Waals surface area (Å²) in [5.74, 6) is 0.425. The fraction of sp³-hybridized carbons (Fsp3) is 0.600. The predicted octanol–water partition coefficient (Wildman–Crippen LogP) is 4.92. The van der Waals surface area contributed by atoms with Crippen LogP contribution in [-0.2, 0) is 19.1 Å². The normalized spacial score (nSPS) is 22.4. The van der Waals surface area contributed by atoms with Gasteiger partial charge in [-0.25, -0.2) is 9.59 Å². The van der Waals surface area contributed by atoms with E-state index < -0.39 is 18.5 Å². The Morgan fingerprint density at radius 2 is 1.89 bits per heavy atom. The van der Waals surface area contributed by atoms with Crippen molar-refractivity contribution in [3.8, 4) is 5.75 Å². The summed E-state index contributed by atoms with van der Waals surface area (Å²) in [7, 11) is 0. The molecule has 0 radical (unpaired) electrons. The van der Waals surface area contributed by atoms with Gasteiger partial charge in [0.1, 0.15) is 11.9 Å². The fourth-order valence-electron chi connectivity index (χ4n) is 3.36. The molecule has 27 heavy (non-hydrogen) atoms. The molecule has 7 heteroatoms. The number of esters is 2. The number of carbonyl (C=O) groups is 2. The number of ether oxygens (including phenoxy) is 3. The Morgan fingerprint density at radius 3 is 2.56 bits per heavy atom. The molecule has 1 aliphatic rings. The van der Waals surface area contributed by atoms with Gasteiger partial charge in [-0.1, -0.05) is 50.4 Å². The van der Waals surface area contributed by atoms with Gasteiger partial charge in [0.05, 0.1) is 5.02 Å². The molecule has 0 heterocycles. The van der Waals surface area contributed by atoms with Gasteiger partial charge < -0.3 is 14.2 Å². The zero-order valence-electron chi connectivity index (χ0n) is 15.9. The molecule has 2 rings (SSSR count). The minimum Gasteiger partial charge on any atom is -0.480 e. The van der Waals surface area contributed by atoms with Crippen LogP contribution in [0.2, 0.25) is 10.0 Å². The number of hydrogen-bond donors (Lipinski definition) is 0. The monoisotopic (exact) mass is 416 g/mol. The standard InChI is InChI=1S/C20H26Cl2O5/c1-12(2)15-6-4-13(3)8-18(15)27-20(24)11-26-19(23)10-25-17-7-5-14(21)9-16(17)22/h5,7,9,12-13,15,18H,4,6,8,10-11H2,1-3H3/t13-,15+,18+/m0/s1. The molecule has 1 aliphatic carbocycles. The molecular weight excluding hydrogens is 391 g/mol. The van der Waals surface area contributed by atoms with Gasteiger partial charge in [-0.05, 0) is 48.8 Å². The van der Waals surface area contributed by atoms with E-state index in [2.05, 4.69) is 20.8 Å². The molecule has 1 saturated carbocycles. The molecule has 1 fully saturated rings. The average molecular weight is 417 g/mol. The van der Waals surface area contributed by atoms with Crippen LogP contribution in [0.5, 0.6) is 5.75 Å². The Hall–Kier alpha value is -1.46. The van der Waals surface area contributed by atoms with Gasteiger partial charge in [-0.15, -0.1) is 0 Å². The second kappa shape index (κ2) is 10.2. The smallest absolute Gasteiger partial charge is 0.344 e. The number of halogens is 2. The van der Waals surface area contributed by atoms with Crippen LogP contribution in [0.3, 0.4) is 0 Å². The van der Waals surface area contributed by atoms with E-state index in [1.54, 1.807) is 12.1 Å². The van der Waals surface area contributed by atoms with Gasteiger partial charge in [0.25, 0.3) is 0 Å². The van der Waals surface area contributed by atoms with Gasteiger partial charge in [-0.2, -0.15) is 0 Å². The first kappa shape index (κ1) is 21.8. The first-order chi connectivity index (χ1) is 12.8. The van der Waals surface area contributed by atoms with Crippen LogP contribution in [0.4, 0.5) is 0 Å². The minimum atomic E-state index is -0.671. The van der Waals surface area contributed by atoms with E-state index in [-0.39, 0.29) is 12.7 Å². The SMILES string of the molecule is CC(C)[C@H]1CC[C@H](C)C[C@H]1OC(=O)COC(=O)COc1ccc(Cl)cc1Cl. The molecule has 150 valence electrons. The molecule has 3 atom stereocenters. The second-order valence-electron chi connectivity index (χ2n) is 7.38. The first-order valence-electron chi connectivity index (χ1n) is 9.19. The van der Waals surface area contributed by atoms with Gasteiger partial charge in [-0.3, -0.25) is 0 Å². The Kier molecular flexibility index (Phi) is 8.24. The first-order valence-corrected chi connectivity index (χ1v) is 9.94. The van der Waals surface area contributed by atoms with Crippen molar-refractivity contribution in [2.24, 2.45) is 17.8 Å². The van der Waals surface area contributed by atoms with E-state index >= 15 is 0 Å². The van der Waals surface area contributed by atoms with Crippen molar-refractivity contribution in [2.45, 2.75) is 46.1 Å². The van der Waals surface area contributed by atoms with Crippen molar-refractivity contribution in [2.75, 3.05) is 13.2 Å². The summed E-state index contributed by atoms with van der Waals surface area (Å²) in [5.41, 5.74) is 0. The highest BCUT2D eigenvalue weighted by Crippen LogP contribution is 2.35. The number of rotatable bonds is 7. The lowest BCUT2D eigenvalue weighted by Crippen LogP contribution is -2.37. The maximum Gasteiger partial charge on any atom is 0.344 e. The topological polar surface area (TPSA) is 61.8 Å². The molecule has 0 amide bonds. The van der Waals surface area contributed by atoms with Crippen molar-refractivity contribution < 1.29 is 23.8 Å². The molecule has 0 aromatic heterocycles. The van der Waals surface area contributed by atoms with Crippen molar-refractivity contribution in [1.82, 2.24) is 0 Å². The van der Waals surface area contributed by atoms with Crippen LogP contribution in [0.1, 0.15) is 40.0 Å². The lowest BCUT2D eigenvalue weighted by atomic mass is 9.75. The minimum absolute atomic E-state index is 0.121. The lowest BCUT2D eigenvalue weighted by Gasteiger charge is -2.36. The summed E-state index contributed by atoms with van der Waals surface area (Å²) in [5, 5.41) is 0.760. The molecule has 5 nitrogen and oxygen atoms in total. The Bertz CT molecular complexity index is 662. The molecule has 0 unspecified atom stereocenters. The van der Waals surface area contributed by atoms with Crippen molar-refractivity contribution in [1.29, 1.82) is 0 Å². The van der Waals surface area contributed by atoms with Gasteiger partial charge in [0.15, 0.2) is 13.2 Å². The van der Waals surface area contributed by atoms with Crippen LogP contribution in [-0.4, -0.2) is 31.3 Å². The summed E-state index contributed by atoms with van der Waals surface area (Å²) in [6.45, 7) is 5.66. The third-order valence-electron chi connectivity index (χ3n) is 4.83. The quantitative estimate of drug-likeness (QED) is 0.590. The molecule has 1 aromatic carbocycles. The van der Waals surface area contributed by atoms with Crippen molar-refractivity contribution in [3.05, 3.63) is 28.2 Å².